The highest BCUT2D eigenvalue weighted by Gasteiger charge is 2.30. The lowest BCUT2D eigenvalue weighted by molar-refractivity contribution is 0.0914. The average Bonchev–Trinajstić information content (AvgIpc) is 2.87. The molecular weight excluding hydrogens is 232 g/mol. The summed E-state index contributed by atoms with van der Waals surface area (Å²) >= 11 is 0. The number of hydrogen-bond donors (Lipinski definition) is 2. The second-order valence-electron chi connectivity index (χ2n) is 5.13. The number of H-pyrrole nitrogens is 1. The third-order valence-corrected chi connectivity index (χ3v) is 3.59. The number of hydrogen-bond acceptors (Lipinski definition) is 3. The molecule has 6 nitrogen and oxygen atoms in total. The Kier molecular flexibility index (Phi) is 3.56. The Balaban J connectivity index is 2.05. The van der Waals surface area contributed by atoms with E-state index in [1.807, 2.05) is 14.1 Å². The molecule has 0 unspecified atom stereocenters. The maximum Gasteiger partial charge on any atom is 0.325 e. The molecule has 18 heavy (non-hydrogen) atoms. The van der Waals surface area contributed by atoms with Crippen molar-refractivity contribution in [2.45, 2.75) is 31.3 Å². The second-order valence-corrected chi connectivity index (χ2v) is 5.13. The fourth-order valence-electron chi connectivity index (χ4n) is 2.58. The zero-order chi connectivity index (χ0) is 13.3. The van der Waals surface area contributed by atoms with Gasteiger partial charge in [0.15, 0.2) is 0 Å². The Labute approximate surface area is 106 Å². The summed E-state index contributed by atoms with van der Waals surface area (Å²) in [5.74, 6) is -0.202. The lowest BCUT2D eigenvalue weighted by Crippen LogP contribution is -2.46. The molecular formula is C12H20N4O2. The van der Waals surface area contributed by atoms with Crippen LogP contribution in [0.15, 0.2) is 11.0 Å². The van der Waals surface area contributed by atoms with Crippen LogP contribution in [0, 0.1) is 0 Å². The number of nitrogens with one attached hydrogen (secondary N) is 2. The van der Waals surface area contributed by atoms with Gasteiger partial charge in [0.25, 0.3) is 5.91 Å². The molecule has 0 saturated heterocycles. The largest absolute Gasteiger partial charge is 0.346 e. The quantitative estimate of drug-likeness (QED) is 0.791. The summed E-state index contributed by atoms with van der Waals surface area (Å²) in [6.07, 6.45) is 4.74. The molecule has 0 bridgehead atoms. The van der Waals surface area contributed by atoms with Crippen molar-refractivity contribution < 1.29 is 4.79 Å². The lowest BCUT2D eigenvalue weighted by atomic mass is 10.1. The van der Waals surface area contributed by atoms with E-state index in [0.717, 1.165) is 19.3 Å². The summed E-state index contributed by atoms with van der Waals surface area (Å²) < 4.78 is 1.37. The first-order chi connectivity index (χ1) is 8.49. The molecule has 1 aliphatic rings. The average molecular weight is 252 g/mol. The van der Waals surface area contributed by atoms with E-state index < -0.39 is 0 Å². The predicted octanol–water partition coefficient (Wildman–Crippen LogP) is -0.0741. The van der Waals surface area contributed by atoms with Gasteiger partial charge in [-0.1, -0.05) is 0 Å². The molecule has 1 amide bonds. The molecule has 0 aromatic carbocycles. The van der Waals surface area contributed by atoms with Crippen LogP contribution in [0.2, 0.25) is 0 Å². The number of imidazole rings is 1. The van der Waals surface area contributed by atoms with Crippen molar-refractivity contribution in [1.82, 2.24) is 19.8 Å². The van der Waals surface area contributed by atoms with Crippen LogP contribution in [0.25, 0.3) is 0 Å². The Hall–Kier alpha value is -1.56. The van der Waals surface area contributed by atoms with Crippen LogP contribution in [-0.4, -0.2) is 46.5 Å². The highest BCUT2D eigenvalue weighted by Crippen LogP contribution is 2.22. The predicted molar refractivity (Wildman–Crippen MR) is 68.6 cm³/mol. The van der Waals surface area contributed by atoms with E-state index in [-0.39, 0.29) is 17.6 Å². The number of carbonyl (C=O) groups is 1. The van der Waals surface area contributed by atoms with E-state index in [1.54, 1.807) is 7.05 Å². The summed E-state index contributed by atoms with van der Waals surface area (Å²) in [5, 5.41) is 3.00. The molecule has 1 aromatic rings. The zero-order valence-electron chi connectivity index (χ0n) is 11.1. The third kappa shape index (κ3) is 2.48. The summed E-state index contributed by atoms with van der Waals surface area (Å²) in [4.78, 5) is 28.0. The topological polar surface area (TPSA) is 70.1 Å². The van der Waals surface area contributed by atoms with Gasteiger partial charge in [0.2, 0.25) is 0 Å². The standard InChI is InChI=1S/C12H20N4O2/c1-15(2)10-6-4-5-8(10)13-11(17)9-7-16(3)12(18)14-9/h7-8,10H,4-6H2,1-3H3,(H,13,17)(H,14,18)/t8-,10-/m1/s1. The molecule has 2 rings (SSSR count). The Morgan fingerprint density at radius 3 is 2.78 bits per heavy atom. The molecule has 2 atom stereocenters. The first kappa shape index (κ1) is 12.9. The maximum absolute atomic E-state index is 12.0. The number of aryl methyl sites for hydroxylation is 1. The van der Waals surface area contributed by atoms with Gasteiger partial charge in [-0.2, -0.15) is 0 Å². The maximum atomic E-state index is 12.0. The van der Waals surface area contributed by atoms with Crippen LogP contribution in [0.5, 0.6) is 0 Å². The lowest BCUT2D eigenvalue weighted by Gasteiger charge is -2.26. The molecule has 100 valence electrons. The Morgan fingerprint density at radius 1 is 1.50 bits per heavy atom. The minimum absolute atomic E-state index is 0.163. The summed E-state index contributed by atoms with van der Waals surface area (Å²) in [6.45, 7) is 0. The van der Waals surface area contributed by atoms with Crippen molar-refractivity contribution in [3.8, 4) is 0 Å². The number of likely N-dealkylation sites (N-methyl/N-ethyl adjacent to an activating group) is 1. The SMILES string of the molecule is CN(C)[C@@H]1CCC[C@H]1NC(=O)c1cn(C)c(=O)[nH]1. The highest BCUT2D eigenvalue weighted by atomic mass is 16.2. The molecule has 6 heteroatoms. The van der Waals surface area contributed by atoms with E-state index in [9.17, 15) is 9.59 Å². The van der Waals surface area contributed by atoms with Crippen LogP contribution < -0.4 is 11.0 Å². The molecule has 1 heterocycles. The summed E-state index contributed by atoms with van der Waals surface area (Å²) in [5.41, 5.74) is 0.0580. The van der Waals surface area contributed by atoms with Crippen molar-refractivity contribution in [1.29, 1.82) is 0 Å². The van der Waals surface area contributed by atoms with Crippen molar-refractivity contribution in [2.75, 3.05) is 14.1 Å². The first-order valence-electron chi connectivity index (χ1n) is 6.22. The Morgan fingerprint density at radius 2 is 2.22 bits per heavy atom. The summed E-state index contributed by atoms with van der Waals surface area (Å²) in [7, 11) is 5.67. The van der Waals surface area contributed by atoms with Gasteiger partial charge >= 0.3 is 5.69 Å². The van der Waals surface area contributed by atoms with E-state index >= 15 is 0 Å². The van der Waals surface area contributed by atoms with Crippen LogP contribution >= 0.6 is 0 Å². The van der Waals surface area contributed by atoms with E-state index in [0.29, 0.717) is 11.7 Å². The molecule has 1 saturated carbocycles. The highest BCUT2D eigenvalue weighted by molar-refractivity contribution is 5.92. The molecule has 1 fully saturated rings. The fourth-order valence-corrected chi connectivity index (χ4v) is 2.58. The number of amides is 1. The Bertz CT molecular complexity index is 489. The second kappa shape index (κ2) is 4.97. The van der Waals surface area contributed by atoms with Gasteiger partial charge in [0.05, 0.1) is 0 Å². The number of rotatable bonds is 3. The van der Waals surface area contributed by atoms with Crippen molar-refractivity contribution >= 4 is 5.91 Å². The minimum atomic E-state index is -0.268. The molecule has 2 N–H and O–H groups in total. The number of aromatic nitrogens is 2. The van der Waals surface area contributed by atoms with E-state index in [2.05, 4.69) is 15.2 Å². The zero-order valence-corrected chi connectivity index (χ0v) is 11.1. The minimum Gasteiger partial charge on any atom is -0.346 e. The van der Waals surface area contributed by atoms with Crippen LogP contribution in [0.1, 0.15) is 29.8 Å². The van der Waals surface area contributed by atoms with Gasteiger partial charge in [0, 0.05) is 25.3 Å². The molecule has 1 aliphatic carbocycles. The van der Waals surface area contributed by atoms with Crippen LogP contribution in [-0.2, 0) is 7.05 Å². The number of carbonyl (C=O) groups excluding carboxylic acids is 1. The fraction of sp³-hybridized carbons (Fsp3) is 0.667. The van der Waals surface area contributed by atoms with Crippen molar-refractivity contribution in [3.05, 3.63) is 22.4 Å². The number of nitrogens with zero attached hydrogens (tertiary/aromatic N) is 2. The van der Waals surface area contributed by atoms with Crippen molar-refractivity contribution in [3.63, 3.8) is 0 Å². The molecule has 1 aromatic heterocycles. The molecule has 0 radical (unpaired) electrons. The third-order valence-electron chi connectivity index (χ3n) is 3.59. The van der Waals surface area contributed by atoms with Gasteiger partial charge in [-0.3, -0.25) is 4.79 Å². The number of aromatic amines is 1. The van der Waals surface area contributed by atoms with Crippen molar-refractivity contribution in [2.24, 2.45) is 7.05 Å². The molecule has 0 aliphatic heterocycles. The molecule has 0 spiro atoms. The van der Waals surface area contributed by atoms with Gasteiger partial charge in [-0.15, -0.1) is 0 Å². The van der Waals surface area contributed by atoms with Crippen LogP contribution in [0.4, 0.5) is 0 Å². The van der Waals surface area contributed by atoms with E-state index in [4.69, 9.17) is 0 Å². The normalized spacial score (nSPS) is 23.6. The monoisotopic (exact) mass is 252 g/mol. The smallest absolute Gasteiger partial charge is 0.325 e. The summed E-state index contributed by atoms with van der Waals surface area (Å²) in [6, 6.07) is 0.542. The van der Waals surface area contributed by atoms with Gasteiger partial charge in [0.1, 0.15) is 5.69 Å². The van der Waals surface area contributed by atoms with Gasteiger partial charge in [-0.05, 0) is 33.4 Å². The van der Waals surface area contributed by atoms with Gasteiger partial charge in [-0.25, -0.2) is 4.79 Å². The van der Waals surface area contributed by atoms with Crippen LogP contribution in [0.3, 0.4) is 0 Å². The first-order valence-corrected chi connectivity index (χ1v) is 6.22. The van der Waals surface area contributed by atoms with Gasteiger partial charge < -0.3 is 19.8 Å². The van der Waals surface area contributed by atoms with E-state index in [1.165, 1.54) is 10.8 Å².